The Morgan fingerprint density at radius 2 is 1.82 bits per heavy atom. The highest BCUT2D eigenvalue weighted by atomic mass is 19.1. The Balaban J connectivity index is 1.63. The van der Waals surface area contributed by atoms with Gasteiger partial charge in [0.1, 0.15) is 17.3 Å². The fraction of sp³-hybridized carbons (Fsp3) is 0.182. The normalized spacial score (nSPS) is 10.6. The molecule has 0 aliphatic rings. The second-order valence-electron chi connectivity index (χ2n) is 6.49. The van der Waals surface area contributed by atoms with Crippen LogP contribution >= 0.6 is 0 Å². The molecule has 6 heteroatoms. The van der Waals surface area contributed by atoms with E-state index in [1.807, 2.05) is 26.0 Å². The van der Waals surface area contributed by atoms with E-state index in [1.54, 1.807) is 48.7 Å². The molecule has 0 bridgehead atoms. The third kappa shape index (κ3) is 5.07. The summed E-state index contributed by atoms with van der Waals surface area (Å²) in [6.45, 7) is 4.18. The first kappa shape index (κ1) is 19.4. The van der Waals surface area contributed by atoms with Gasteiger partial charge in [0.05, 0.1) is 23.7 Å². The maximum atomic E-state index is 13.7. The molecule has 0 unspecified atom stereocenters. The van der Waals surface area contributed by atoms with Crippen LogP contribution in [0.5, 0.6) is 5.75 Å². The van der Waals surface area contributed by atoms with Gasteiger partial charge in [-0.25, -0.2) is 9.37 Å². The lowest BCUT2D eigenvalue weighted by molar-refractivity contribution is 0.102. The Morgan fingerprint density at radius 1 is 1.07 bits per heavy atom. The van der Waals surface area contributed by atoms with Crippen LogP contribution in [0.3, 0.4) is 0 Å². The number of hydrogen-bond donors (Lipinski definition) is 2. The van der Waals surface area contributed by atoms with E-state index in [2.05, 4.69) is 15.6 Å². The molecule has 3 rings (SSSR count). The zero-order chi connectivity index (χ0) is 19.9. The van der Waals surface area contributed by atoms with Gasteiger partial charge in [-0.3, -0.25) is 4.79 Å². The molecule has 2 aromatic carbocycles. The monoisotopic (exact) mass is 379 g/mol. The van der Waals surface area contributed by atoms with Crippen LogP contribution in [-0.4, -0.2) is 17.0 Å². The van der Waals surface area contributed by atoms with Gasteiger partial charge in [-0.1, -0.05) is 30.3 Å². The van der Waals surface area contributed by atoms with Crippen molar-refractivity contribution in [2.75, 3.05) is 10.6 Å². The third-order valence-corrected chi connectivity index (χ3v) is 3.93. The van der Waals surface area contributed by atoms with E-state index >= 15 is 0 Å². The summed E-state index contributed by atoms with van der Waals surface area (Å²) < 4.78 is 19.4. The highest BCUT2D eigenvalue weighted by Crippen LogP contribution is 2.25. The Bertz CT molecular complexity index is 943. The number of carbonyl (C=O) groups excluding carboxylic acids is 1. The predicted octanol–water partition coefficient (Wildman–Crippen LogP) is 4.87. The molecule has 1 aromatic heterocycles. The third-order valence-electron chi connectivity index (χ3n) is 3.93. The number of anilines is 2. The van der Waals surface area contributed by atoms with Crippen LogP contribution in [0.15, 0.2) is 66.9 Å². The van der Waals surface area contributed by atoms with Crippen molar-refractivity contribution in [1.82, 2.24) is 4.98 Å². The van der Waals surface area contributed by atoms with E-state index < -0.39 is 0 Å². The summed E-state index contributed by atoms with van der Waals surface area (Å²) in [4.78, 5) is 16.7. The van der Waals surface area contributed by atoms with Gasteiger partial charge >= 0.3 is 0 Å². The lowest BCUT2D eigenvalue weighted by Gasteiger charge is -2.14. The van der Waals surface area contributed by atoms with E-state index in [1.165, 1.54) is 6.07 Å². The number of pyridine rings is 1. The molecule has 5 nitrogen and oxygen atoms in total. The van der Waals surface area contributed by atoms with Gasteiger partial charge in [-0.05, 0) is 44.2 Å². The van der Waals surface area contributed by atoms with Crippen LogP contribution in [-0.2, 0) is 6.54 Å². The molecule has 0 aliphatic heterocycles. The second-order valence-corrected chi connectivity index (χ2v) is 6.49. The molecule has 3 aromatic rings. The van der Waals surface area contributed by atoms with Gasteiger partial charge < -0.3 is 15.4 Å². The van der Waals surface area contributed by atoms with Gasteiger partial charge in [-0.15, -0.1) is 0 Å². The summed E-state index contributed by atoms with van der Waals surface area (Å²) in [6.07, 6.45) is 1.54. The number of hydrogen-bond acceptors (Lipinski definition) is 4. The molecule has 0 radical (unpaired) electrons. The number of halogens is 1. The van der Waals surface area contributed by atoms with Crippen LogP contribution < -0.4 is 15.4 Å². The predicted molar refractivity (Wildman–Crippen MR) is 108 cm³/mol. The summed E-state index contributed by atoms with van der Waals surface area (Å²) in [5.41, 5.74) is 2.12. The Hall–Kier alpha value is -3.41. The quantitative estimate of drug-likeness (QED) is 0.615. The molecule has 0 saturated heterocycles. The van der Waals surface area contributed by atoms with Crippen molar-refractivity contribution < 1.29 is 13.9 Å². The summed E-state index contributed by atoms with van der Waals surface area (Å²) in [6, 6.07) is 17.2. The minimum absolute atomic E-state index is 0.00372. The van der Waals surface area contributed by atoms with Crippen molar-refractivity contribution in [2.24, 2.45) is 0 Å². The number of amides is 1. The van der Waals surface area contributed by atoms with Crippen LogP contribution in [0.1, 0.15) is 29.9 Å². The van der Waals surface area contributed by atoms with Crippen molar-refractivity contribution in [2.45, 2.75) is 26.5 Å². The van der Waals surface area contributed by atoms with E-state index in [0.29, 0.717) is 29.2 Å². The molecular weight excluding hydrogens is 357 g/mol. The largest absolute Gasteiger partial charge is 0.489 e. The fourth-order valence-electron chi connectivity index (χ4n) is 2.58. The maximum absolute atomic E-state index is 13.7. The summed E-state index contributed by atoms with van der Waals surface area (Å²) in [5, 5.41) is 5.91. The Labute approximate surface area is 163 Å². The first-order valence-electron chi connectivity index (χ1n) is 9.03. The average Bonchev–Trinajstić information content (AvgIpc) is 2.69. The van der Waals surface area contributed by atoms with Crippen molar-refractivity contribution in [3.05, 3.63) is 83.9 Å². The Morgan fingerprint density at radius 3 is 2.54 bits per heavy atom. The zero-order valence-corrected chi connectivity index (χ0v) is 15.8. The van der Waals surface area contributed by atoms with Crippen molar-refractivity contribution in [3.8, 4) is 5.75 Å². The molecule has 2 N–H and O–H groups in total. The molecule has 1 heterocycles. The number of nitrogens with zero attached hydrogens (tertiary/aromatic N) is 1. The van der Waals surface area contributed by atoms with E-state index in [0.717, 1.165) is 0 Å². The topological polar surface area (TPSA) is 63.2 Å². The van der Waals surface area contributed by atoms with E-state index in [-0.39, 0.29) is 23.5 Å². The SMILES string of the molecule is CC(C)Oc1ccccc1NC(=O)c1ccc(NCc2ccccc2F)cn1. The number of para-hydroxylation sites is 2. The lowest BCUT2D eigenvalue weighted by Crippen LogP contribution is -2.15. The number of nitrogens with one attached hydrogen (secondary N) is 2. The molecular formula is C22H22FN3O2. The lowest BCUT2D eigenvalue weighted by atomic mass is 10.2. The minimum Gasteiger partial charge on any atom is -0.489 e. The number of aromatic nitrogens is 1. The minimum atomic E-state index is -0.333. The second kappa shape index (κ2) is 8.99. The molecule has 0 spiro atoms. The summed E-state index contributed by atoms with van der Waals surface area (Å²) in [7, 11) is 0. The summed E-state index contributed by atoms with van der Waals surface area (Å²) >= 11 is 0. The maximum Gasteiger partial charge on any atom is 0.274 e. The van der Waals surface area contributed by atoms with Crippen LogP contribution in [0.25, 0.3) is 0 Å². The standard InChI is InChI=1S/C22H22FN3O2/c1-15(2)28-21-10-6-5-9-19(21)26-22(27)20-12-11-17(14-25-20)24-13-16-7-3-4-8-18(16)23/h3-12,14-15,24H,13H2,1-2H3,(H,26,27). The summed E-state index contributed by atoms with van der Waals surface area (Å²) in [5.74, 6) is 0.00993. The van der Waals surface area contributed by atoms with E-state index in [9.17, 15) is 9.18 Å². The van der Waals surface area contributed by atoms with Gasteiger partial charge in [0.2, 0.25) is 0 Å². The van der Waals surface area contributed by atoms with Crippen molar-refractivity contribution in [1.29, 1.82) is 0 Å². The fourth-order valence-corrected chi connectivity index (χ4v) is 2.58. The Kier molecular flexibility index (Phi) is 6.22. The van der Waals surface area contributed by atoms with Gasteiger partial charge in [0, 0.05) is 12.1 Å². The van der Waals surface area contributed by atoms with Crippen LogP contribution in [0.2, 0.25) is 0 Å². The smallest absolute Gasteiger partial charge is 0.274 e. The molecule has 28 heavy (non-hydrogen) atoms. The molecule has 1 amide bonds. The van der Waals surface area contributed by atoms with E-state index in [4.69, 9.17) is 4.74 Å². The molecule has 0 aliphatic carbocycles. The van der Waals surface area contributed by atoms with Gasteiger partial charge in [-0.2, -0.15) is 0 Å². The molecule has 0 fully saturated rings. The van der Waals surface area contributed by atoms with Gasteiger partial charge in [0.15, 0.2) is 0 Å². The van der Waals surface area contributed by atoms with Crippen molar-refractivity contribution >= 4 is 17.3 Å². The first-order chi connectivity index (χ1) is 13.5. The highest BCUT2D eigenvalue weighted by molar-refractivity contribution is 6.03. The first-order valence-corrected chi connectivity index (χ1v) is 9.03. The molecule has 144 valence electrons. The van der Waals surface area contributed by atoms with Crippen LogP contribution in [0, 0.1) is 5.82 Å². The van der Waals surface area contributed by atoms with Gasteiger partial charge in [0.25, 0.3) is 5.91 Å². The number of carbonyl (C=O) groups is 1. The molecule has 0 atom stereocenters. The number of ether oxygens (including phenoxy) is 1. The number of rotatable bonds is 7. The average molecular weight is 379 g/mol. The van der Waals surface area contributed by atoms with Crippen molar-refractivity contribution in [3.63, 3.8) is 0 Å². The zero-order valence-electron chi connectivity index (χ0n) is 15.8. The van der Waals surface area contributed by atoms with Crippen LogP contribution in [0.4, 0.5) is 15.8 Å². The molecule has 0 saturated carbocycles. The number of benzene rings is 2. The highest BCUT2D eigenvalue weighted by Gasteiger charge is 2.12.